The van der Waals surface area contributed by atoms with Crippen LogP contribution in [-0.4, -0.2) is 30.2 Å². The van der Waals surface area contributed by atoms with Gasteiger partial charge in [-0.3, -0.25) is 4.90 Å². The maximum Gasteiger partial charge on any atom is 0.160 e. The molecule has 1 heterocycles. The predicted molar refractivity (Wildman–Crippen MR) is 83.8 cm³/mol. The molecule has 2 aromatic rings. The van der Waals surface area contributed by atoms with Crippen molar-refractivity contribution in [3.05, 3.63) is 59.2 Å². The zero-order valence-corrected chi connectivity index (χ0v) is 12.4. The molecule has 1 aliphatic heterocycles. The molecule has 0 fully saturated rings. The van der Waals surface area contributed by atoms with Crippen molar-refractivity contribution in [3.8, 4) is 11.5 Å². The molecule has 1 aliphatic rings. The van der Waals surface area contributed by atoms with Crippen LogP contribution in [0.15, 0.2) is 42.5 Å². The number of nitrogens with zero attached hydrogens (tertiary/aromatic N) is 1. The molecule has 0 amide bonds. The molecule has 21 heavy (non-hydrogen) atoms. The molecule has 0 atom stereocenters. The van der Waals surface area contributed by atoms with Crippen LogP contribution in [-0.2, 0) is 19.4 Å². The monoisotopic (exact) mass is 283 g/mol. The summed E-state index contributed by atoms with van der Waals surface area (Å²) < 4.78 is 5.18. The van der Waals surface area contributed by atoms with E-state index in [0.29, 0.717) is 5.75 Å². The minimum atomic E-state index is 0.199. The van der Waals surface area contributed by atoms with E-state index in [1.54, 1.807) is 13.2 Å². The molecule has 0 spiro atoms. The number of phenolic OH excluding ortho intramolecular Hbond substituents is 1. The summed E-state index contributed by atoms with van der Waals surface area (Å²) in [5.41, 5.74) is 4.13. The summed E-state index contributed by atoms with van der Waals surface area (Å²) >= 11 is 0. The molecule has 110 valence electrons. The molecule has 0 aromatic heterocycles. The second-order valence-electron chi connectivity index (χ2n) is 5.55. The van der Waals surface area contributed by atoms with Gasteiger partial charge in [0.2, 0.25) is 0 Å². The van der Waals surface area contributed by atoms with E-state index in [9.17, 15) is 5.11 Å². The summed E-state index contributed by atoms with van der Waals surface area (Å²) in [6.07, 6.45) is 2.21. The van der Waals surface area contributed by atoms with Crippen molar-refractivity contribution in [2.24, 2.45) is 0 Å². The largest absolute Gasteiger partial charge is 0.504 e. The van der Waals surface area contributed by atoms with Crippen LogP contribution in [0.5, 0.6) is 11.5 Å². The van der Waals surface area contributed by atoms with Gasteiger partial charge in [0.25, 0.3) is 0 Å². The Morgan fingerprint density at radius 3 is 2.33 bits per heavy atom. The lowest BCUT2D eigenvalue weighted by Gasteiger charge is -2.20. The van der Waals surface area contributed by atoms with Crippen molar-refractivity contribution < 1.29 is 9.84 Å². The van der Waals surface area contributed by atoms with E-state index in [1.165, 1.54) is 16.7 Å². The fraction of sp³-hybridized carbons (Fsp3) is 0.333. The van der Waals surface area contributed by atoms with E-state index in [4.69, 9.17) is 4.74 Å². The number of hydrogen-bond donors (Lipinski definition) is 1. The number of fused-ring (bicyclic) bond motifs is 1. The summed E-state index contributed by atoms with van der Waals surface area (Å²) in [6, 6.07) is 14.3. The first kappa shape index (κ1) is 14.0. The van der Waals surface area contributed by atoms with Crippen LogP contribution in [0.2, 0.25) is 0 Å². The molecular weight excluding hydrogens is 262 g/mol. The fourth-order valence-corrected chi connectivity index (χ4v) is 2.95. The molecule has 0 saturated carbocycles. The number of hydrogen-bond acceptors (Lipinski definition) is 3. The normalized spacial score (nSPS) is 15.3. The maximum absolute atomic E-state index is 9.67. The van der Waals surface area contributed by atoms with E-state index in [2.05, 4.69) is 29.2 Å². The lowest BCUT2D eigenvalue weighted by molar-refractivity contribution is 0.278. The Morgan fingerprint density at radius 2 is 1.71 bits per heavy atom. The van der Waals surface area contributed by atoms with Crippen molar-refractivity contribution in [1.82, 2.24) is 4.90 Å². The fourth-order valence-electron chi connectivity index (χ4n) is 2.95. The van der Waals surface area contributed by atoms with Gasteiger partial charge in [-0.05, 0) is 41.7 Å². The van der Waals surface area contributed by atoms with E-state index in [0.717, 1.165) is 32.5 Å². The first-order valence-electron chi connectivity index (χ1n) is 7.41. The summed E-state index contributed by atoms with van der Waals surface area (Å²) in [4.78, 5) is 2.46. The Hall–Kier alpha value is -2.00. The van der Waals surface area contributed by atoms with Gasteiger partial charge in [-0.25, -0.2) is 0 Å². The smallest absolute Gasteiger partial charge is 0.160 e. The highest BCUT2D eigenvalue weighted by Gasteiger charge is 2.14. The van der Waals surface area contributed by atoms with Crippen LogP contribution in [0.4, 0.5) is 0 Å². The Balaban J connectivity index is 1.69. The molecular formula is C18H21NO2. The van der Waals surface area contributed by atoms with E-state index in [-0.39, 0.29) is 5.75 Å². The molecule has 0 saturated heterocycles. The van der Waals surface area contributed by atoms with Crippen molar-refractivity contribution in [1.29, 1.82) is 0 Å². The standard InChI is InChI=1S/C18H21NO2/c1-21-18-12-14(6-7-17(18)20)13-19-10-8-15-4-2-3-5-16(15)9-11-19/h2-7,12,20H,8-11,13H2,1H3. The Bertz CT molecular complexity index is 597. The van der Waals surface area contributed by atoms with Gasteiger partial charge in [-0.15, -0.1) is 0 Å². The van der Waals surface area contributed by atoms with Crippen molar-refractivity contribution in [3.63, 3.8) is 0 Å². The maximum atomic E-state index is 9.67. The molecule has 0 unspecified atom stereocenters. The SMILES string of the molecule is COc1cc(CN2CCc3ccccc3CC2)ccc1O. The van der Waals surface area contributed by atoms with Crippen molar-refractivity contribution in [2.45, 2.75) is 19.4 Å². The lowest BCUT2D eigenvalue weighted by atomic mass is 10.0. The molecule has 1 N–H and O–H groups in total. The first-order valence-corrected chi connectivity index (χ1v) is 7.41. The third-order valence-corrected chi connectivity index (χ3v) is 4.16. The Labute approximate surface area is 125 Å². The average Bonchev–Trinajstić information content (AvgIpc) is 2.72. The summed E-state index contributed by atoms with van der Waals surface area (Å²) in [7, 11) is 1.58. The molecule has 3 rings (SSSR count). The predicted octanol–water partition coefficient (Wildman–Crippen LogP) is 3.00. The quantitative estimate of drug-likeness (QED) is 0.940. The third kappa shape index (κ3) is 3.19. The van der Waals surface area contributed by atoms with Crippen LogP contribution in [0.1, 0.15) is 16.7 Å². The summed E-state index contributed by atoms with van der Waals surface area (Å²) in [5, 5.41) is 9.67. The molecule has 0 bridgehead atoms. The average molecular weight is 283 g/mol. The van der Waals surface area contributed by atoms with E-state index >= 15 is 0 Å². The van der Waals surface area contributed by atoms with E-state index < -0.39 is 0 Å². The van der Waals surface area contributed by atoms with Crippen LogP contribution >= 0.6 is 0 Å². The van der Waals surface area contributed by atoms with Crippen LogP contribution in [0, 0.1) is 0 Å². The number of rotatable bonds is 3. The molecule has 0 radical (unpaired) electrons. The Kier molecular flexibility index (Phi) is 4.11. The van der Waals surface area contributed by atoms with Crippen LogP contribution < -0.4 is 4.74 Å². The second-order valence-corrected chi connectivity index (χ2v) is 5.55. The molecule has 3 heteroatoms. The first-order chi connectivity index (χ1) is 10.3. The zero-order chi connectivity index (χ0) is 14.7. The Morgan fingerprint density at radius 1 is 1.05 bits per heavy atom. The number of phenols is 1. The number of methoxy groups -OCH3 is 1. The van der Waals surface area contributed by atoms with E-state index in [1.807, 2.05) is 12.1 Å². The molecule has 0 aliphatic carbocycles. The van der Waals surface area contributed by atoms with Gasteiger partial charge in [0.1, 0.15) is 0 Å². The van der Waals surface area contributed by atoms with Gasteiger partial charge in [0.15, 0.2) is 11.5 Å². The lowest BCUT2D eigenvalue weighted by Crippen LogP contribution is -2.25. The second kappa shape index (κ2) is 6.19. The third-order valence-electron chi connectivity index (χ3n) is 4.16. The van der Waals surface area contributed by atoms with Crippen molar-refractivity contribution >= 4 is 0 Å². The van der Waals surface area contributed by atoms with Gasteiger partial charge in [-0.1, -0.05) is 30.3 Å². The molecule has 3 nitrogen and oxygen atoms in total. The van der Waals surface area contributed by atoms with Crippen LogP contribution in [0.25, 0.3) is 0 Å². The van der Waals surface area contributed by atoms with Gasteiger partial charge in [-0.2, -0.15) is 0 Å². The number of ether oxygens (including phenoxy) is 1. The highest BCUT2D eigenvalue weighted by atomic mass is 16.5. The summed E-state index contributed by atoms with van der Waals surface area (Å²) in [5.74, 6) is 0.745. The highest BCUT2D eigenvalue weighted by Crippen LogP contribution is 2.27. The topological polar surface area (TPSA) is 32.7 Å². The summed E-state index contributed by atoms with van der Waals surface area (Å²) in [6.45, 7) is 3.03. The minimum absolute atomic E-state index is 0.199. The van der Waals surface area contributed by atoms with Gasteiger partial charge in [0, 0.05) is 19.6 Å². The zero-order valence-electron chi connectivity index (χ0n) is 12.4. The highest BCUT2D eigenvalue weighted by molar-refractivity contribution is 5.41. The number of aromatic hydroxyl groups is 1. The van der Waals surface area contributed by atoms with Crippen molar-refractivity contribution in [2.75, 3.05) is 20.2 Å². The van der Waals surface area contributed by atoms with Crippen LogP contribution in [0.3, 0.4) is 0 Å². The number of benzene rings is 2. The van der Waals surface area contributed by atoms with Gasteiger partial charge < -0.3 is 9.84 Å². The van der Waals surface area contributed by atoms with Gasteiger partial charge >= 0.3 is 0 Å². The van der Waals surface area contributed by atoms with Gasteiger partial charge in [0.05, 0.1) is 7.11 Å². The molecule has 2 aromatic carbocycles. The minimum Gasteiger partial charge on any atom is -0.504 e.